The number of H-pyrrole nitrogens is 1. The first-order valence-electron chi connectivity index (χ1n) is 5.65. The lowest BCUT2D eigenvalue weighted by atomic mass is 10.00. The van der Waals surface area contributed by atoms with Gasteiger partial charge in [0.1, 0.15) is 0 Å². The lowest BCUT2D eigenvalue weighted by Gasteiger charge is -2.05. The van der Waals surface area contributed by atoms with Gasteiger partial charge in [0.2, 0.25) is 0 Å². The van der Waals surface area contributed by atoms with Crippen LogP contribution in [0.5, 0.6) is 0 Å². The monoisotopic (exact) mass is 209 g/mol. The van der Waals surface area contributed by atoms with E-state index >= 15 is 0 Å². The Hall–Kier alpha value is -1.76. The van der Waals surface area contributed by atoms with Gasteiger partial charge in [-0.15, -0.1) is 0 Å². The van der Waals surface area contributed by atoms with Gasteiger partial charge in [0.25, 0.3) is 0 Å². The fraction of sp³-hybridized carbons (Fsp3) is 0.200. The predicted octanol–water partition coefficient (Wildman–Crippen LogP) is 4.25. The van der Waals surface area contributed by atoms with E-state index in [0.29, 0.717) is 0 Å². The highest BCUT2D eigenvalue weighted by atomic mass is 14.7. The van der Waals surface area contributed by atoms with E-state index < -0.39 is 0 Å². The third-order valence-corrected chi connectivity index (χ3v) is 3.64. The molecule has 3 aromatic rings. The van der Waals surface area contributed by atoms with E-state index in [1.165, 1.54) is 38.5 Å². The second kappa shape index (κ2) is 3.11. The molecule has 1 nitrogen and oxygen atoms in total. The molecule has 0 bridgehead atoms. The van der Waals surface area contributed by atoms with Gasteiger partial charge in [-0.25, -0.2) is 0 Å². The highest BCUT2D eigenvalue weighted by molar-refractivity contribution is 6.08. The number of aryl methyl sites for hydroxylation is 2. The van der Waals surface area contributed by atoms with Crippen molar-refractivity contribution in [3.05, 3.63) is 47.0 Å². The minimum Gasteiger partial charge on any atom is -0.354 e. The van der Waals surface area contributed by atoms with Crippen LogP contribution in [0, 0.1) is 20.8 Å². The van der Waals surface area contributed by atoms with Crippen molar-refractivity contribution in [3.63, 3.8) is 0 Å². The summed E-state index contributed by atoms with van der Waals surface area (Å²) in [5.41, 5.74) is 6.63. The van der Waals surface area contributed by atoms with Crippen LogP contribution in [-0.2, 0) is 0 Å². The zero-order valence-corrected chi connectivity index (χ0v) is 9.89. The Morgan fingerprint density at radius 2 is 1.62 bits per heavy atom. The molecular weight excluding hydrogens is 194 g/mol. The van der Waals surface area contributed by atoms with Crippen LogP contribution in [0.1, 0.15) is 16.7 Å². The minimum absolute atomic E-state index is 1.23. The highest BCUT2D eigenvalue weighted by Crippen LogP contribution is 2.30. The molecule has 80 valence electrons. The van der Waals surface area contributed by atoms with Gasteiger partial charge in [0.05, 0.1) is 0 Å². The van der Waals surface area contributed by atoms with E-state index in [9.17, 15) is 0 Å². The second-order valence-electron chi connectivity index (χ2n) is 4.54. The first-order chi connectivity index (χ1) is 7.68. The Morgan fingerprint density at radius 3 is 2.44 bits per heavy atom. The van der Waals surface area contributed by atoms with E-state index in [0.717, 1.165) is 0 Å². The van der Waals surface area contributed by atoms with Gasteiger partial charge in [0, 0.05) is 21.8 Å². The third kappa shape index (κ3) is 1.12. The maximum absolute atomic E-state index is 3.51. The van der Waals surface area contributed by atoms with Crippen molar-refractivity contribution in [1.29, 1.82) is 0 Å². The number of fused-ring (bicyclic) bond motifs is 3. The van der Waals surface area contributed by atoms with Crippen molar-refractivity contribution in [2.45, 2.75) is 20.8 Å². The van der Waals surface area contributed by atoms with E-state index in [1.54, 1.807) is 0 Å². The summed E-state index contributed by atoms with van der Waals surface area (Å²) in [6.07, 6.45) is 0. The van der Waals surface area contributed by atoms with Gasteiger partial charge < -0.3 is 4.98 Å². The molecule has 0 aliphatic heterocycles. The normalized spacial score (nSPS) is 11.4. The van der Waals surface area contributed by atoms with Crippen molar-refractivity contribution in [3.8, 4) is 0 Å². The van der Waals surface area contributed by atoms with Crippen LogP contribution >= 0.6 is 0 Å². The van der Waals surface area contributed by atoms with E-state index in [1.807, 2.05) is 0 Å². The van der Waals surface area contributed by atoms with E-state index in [2.05, 4.69) is 56.1 Å². The number of para-hydroxylation sites is 1. The molecule has 0 amide bonds. The molecule has 0 fully saturated rings. The molecule has 0 saturated carbocycles. The van der Waals surface area contributed by atoms with Crippen LogP contribution in [0.3, 0.4) is 0 Å². The summed E-state index contributed by atoms with van der Waals surface area (Å²) in [6, 6.07) is 10.8. The lowest BCUT2D eigenvalue weighted by Crippen LogP contribution is -1.87. The summed E-state index contributed by atoms with van der Waals surface area (Å²) in [4.78, 5) is 3.51. The second-order valence-corrected chi connectivity index (χ2v) is 4.54. The Balaban J connectivity index is 2.60. The maximum atomic E-state index is 3.51. The molecular formula is C15H15N. The summed E-state index contributed by atoms with van der Waals surface area (Å²) in [5, 5.41) is 2.67. The molecule has 3 rings (SSSR count). The van der Waals surface area contributed by atoms with Crippen molar-refractivity contribution < 1.29 is 0 Å². The smallest absolute Gasteiger partial charge is 0.0497 e. The minimum atomic E-state index is 1.23. The van der Waals surface area contributed by atoms with Crippen LogP contribution < -0.4 is 0 Å². The van der Waals surface area contributed by atoms with Gasteiger partial charge >= 0.3 is 0 Å². The van der Waals surface area contributed by atoms with Gasteiger partial charge in [-0.1, -0.05) is 18.2 Å². The van der Waals surface area contributed by atoms with Crippen molar-refractivity contribution in [2.75, 3.05) is 0 Å². The van der Waals surface area contributed by atoms with Crippen LogP contribution in [-0.4, -0.2) is 4.98 Å². The van der Waals surface area contributed by atoms with E-state index in [-0.39, 0.29) is 0 Å². The largest absolute Gasteiger partial charge is 0.354 e. The summed E-state index contributed by atoms with van der Waals surface area (Å²) in [7, 11) is 0. The Bertz CT molecular complexity index is 689. The van der Waals surface area contributed by atoms with Gasteiger partial charge in [-0.3, -0.25) is 0 Å². The average Bonchev–Trinajstić information content (AvgIpc) is 2.65. The van der Waals surface area contributed by atoms with Crippen molar-refractivity contribution in [2.24, 2.45) is 0 Å². The zero-order valence-electron chi connectivity index (χ0n) is 9.89. The fourth-order valence-corrected chi connectivity index (χ4v) is 2.42. The molecule has 0 aliphatic rings. The average molecular weight is 209 g/mol. The fourth-order valence-electron chi connectivity index (χ4n) is 2.42. The molecule has 0 spiro atoms. The maximum Gasteiger partial charge on any atom is 0.0497 e. The summed E-state index contributed by atoms with van der Waals surface area (Å²) in [5.74, 6) is 0. The van der Waals surface area contributed by atoms with Gasteiger partial charge in [-0.05, 0) is 49.6 Å². The Kier molecular flexibility index (Phi) is 1.84. The SMILES string of the molecule is Cc1cc2c([nH]c3ccccc32)c(C)c1C. The molecule has 0 radical (unpaired) electrons. The number of hydrogen-bond donors (Lipinski definition) is 1. The van der Waals surface area contributed by atoms with Gasteiger partial charge in [0.15, 0.2) is 0 Å². The molecule has 0 aliphatic carbocycles. The molecule has 16 heavy (non-hydrogen) atoms. The third-order valence-electron chi connectivity index (χ3n) is 3.64. The molecule has 1 aromatic heterocycles. The summed E-state index contributed by atoms with van der Waals surface area (Å²) >= 11 is 0. The van der Waals surface area contributed by atoms with E-state index in [4.69, 9.17) is 0 Å². The number of aromatic nitrogens is 1. The van der Waals surface area contributed by atoms with Gasteiger partial charge in [-0.2, -0.15) is 0 Å². The Labute approximate surface area is 95.1 Å². The quantitative estimate of drug-likeness (QED) is 0.569. The molecule has 0 atom stereocenters. The van der Waals surface area contributed by atoms with Crippen molar-refractivity contribution >= 4 is 21.8 Å². The molecule has 2 aromatic carbocycles. The van der Waals surface area contributed by atoms with Crippen LogP contribution in [0.25, 0.3) is 21.8 Å². The van der Waals surface area contributed by atoms with Crippen molar-refractivity contribution in [1.82, 2.24) is 4.98 Å². The predicted molar refractivity (Wildman–Crippen MR) is 70.0 cm³/mol. The molecule has 0 unspecified atom stereocenters. The number of benzene rings is 2. The standard InChI is InChI=1S/C15H15N/c1-9-8-13-12-6-4-5-7-14(12)16-15(13)11(3)10(9)2/h4-8,16H,1-3H3. The topological polar surface area (TPSA) is 15.8 Å². The molecule has 1 heterocycles. The number of nitrogens with one attached hydrogen (secondary N) is 1. The molecule has 1 N–H and O–H groups in total. The number of hydrogen-bond acceptors (Lipinski definition) is 0. The highest BCUT2D eigenvalue weighted by Gasteiger charge is 2.08. The molecule has 1 heteroatoms. The number of aromatic amines is 1. The summed E-state index contributed by atoms with van der Waals surface area (Å²) in [6.45, 7) is 6.57. The summed E-state index contributed by atoms with van der Waals surface area (Å²) < 4.78 is 0. The Morgan fingerprint density at radius 1 is 0.875 bits per heavy atom. The van der Waals surface area contributed by atoms with Crippen LogP contribution in [0.15, 0.2) is 30.3 Å². The first kappa shape index (κ1) is 9.46. The zero-order chi connectivity index (χ0) is 11.3. The first-order valence-corrected chi connectivity index (χ1v) is 5.65. The van der Waals surface area contributed by atoms with Crippen LogP contribution in [0.2, 0.25) is 0 Å². The number of rotatable bonds is 0. The molecule has 0 saturated heterocycles. The lowest BCUT2D eigenvalue weighted by molar-refractivity contribution is 1.28. The van der Waals surface area contributed by atoms with Crippen LogP contribution in [0.4, 0.5) is 0 Å².